The van der Waals surface area contributed by atoms with Crippen molar-refractivity contribution in [3.8, 4) is 5.75 Å². The molecule has 3 aromatic rings. The molecule has 2 heterocycles. The van der Waals surface area contributed by atoms with Gasteiger partial charge in [0, 0.05) is 25.8 Å². The molecule has 2 amide bonds. The summed E-state index contributed by atoms with van der Waals surface area (Å²) in [6.07, 6.45) is 1.86. The van der Waals surface area contributed by atoms with Gasteiger partial charge in [-0.05, 0) is 57.0 Å². The summed E-state index contributed by atoms with van der Waals surface area (Å²) in [6, 6.07) is 9.17. The van der Waals surface area contributed by atoms with Crippen molar-refractivity contribution in [3.05, 3.63) is 58.5 Å². The smallest absolute Gasteiger partial charge is 0.407 e. The first-order chi connectivity index (χ1) is 16.6. The molecule has 3 N–H and O–H groups in total. The number of benzene rings is 1. The number of methoxy groups -OCH3 is 1. The van der Waals surface area contributed by atoms with Gasteiger partial charge in [0.1, 0.15) is 22.7 Å². The lowest BCUT2D eigenvalue weighted by Gasteiger charge is -2.20. The number of pyridine rings is 1. The Kier molecular flexibility index (Phi) is 8.45. The number of fused-ring (bicyclic) bond motifs is 1. The highest BCUT2D eigenvalue weighted by molar-refractivity contribution is 6.30. The Balaban J connectivity index is 1.60. The highest BCUT2D eigenvalue weighted by Crippen LogP contribution is 2.25. The fraction of sp³-hybridized carbons (Fsp3) is 0.400. The summed E-state index contributed by atoms with van der Waals surface area (Å²) in [5, 5.41) is 9.42. The van der Waals surface area contributed by atoms with E-state index in [2.05, 4.69) is 20.9 Å². The van der Waals surface area contributed by atoms with Gasteiger partial charge in [0.2, 0.25) is 0 Å². The Morgan fingerprint density at radius 1 is 1.11 bits per heavy atom. The number of imidazole rings is 1. The molecule has 2 aromatic heterocycles. The summed E-state index contributed by atoms with van der Waals surface area (Å²) in [4.78, 5) is 29.3. The normalized spacial score (nSPS) is 11.3. The van der Waals surface area contributed by atoms with Crippen LogP contribution in [0.15, 0.2) is 36.5 Å². The van der Waals surface area contributed by atoms with Gasteiger partial charge in [-0.15, -0.1) is 0 Å². The van der Waals surface area contributed by atoms with E-state index in [0.717, 1.165) is 11.3 Å². The fourth-order valence-electron chi connectivity index (χ4n) is 3.49. The summed E-state index contributed by atoms with van der Waals surface area (Å²) >= 11 is 6.13. The molecule has 0 aliphatic heterocycles. The lowest BCUT2D eigenvalue weighted by Crippen LogP contribution is -2.35. The summed E-state index contributed by atoms with van der Waals surface area (Å²) in [5.74, 6) is 0.399. The number of anilines is 1. The zero-order valence-electron chi connectivity index (χ0n) is 20.7. The number of amides is 2. The molecule has 188 valence electrons. The minimum absolute atomic E-state index is 0.231. The van der Waals surface area contributed by atoms with Crippen molar-refractivity contribution in [2.45, 2.75) is 46.3 Å². The quantitative estimate of drug-likeness (QED) is 0.375. The van der Waals surface area contributed by atoms with Crippen LogP contribution in [0.1, 0.15) is 49.4 Å². The van der Waals surface area contributed by atoms with Gasteiger partial charge in [0.25, 0.3) is 5.91 Å². The molecule has 10 heteroatoms. The Morgan fingerprint density at radius 3 is 2.57 bits per heavy atom. The van der Waals surface area contributed by atoms with Crippen molar-refractivity contribution in [1.29, 1.82) is 0 Å². The van der Waals surface area contributed by atoms with E-state index in [1.807, 2.05) is 45.9 Å². The van der Waals surface area contributed by atoms with Crippen LogP contribution in [-0.4, -0.2) is 47.2 Å². The van der Waals surface area contributed by atoms with Gasteiger partial charge in [0.05, 0.1) is 23.5 Å². The van der Waals surface area contributed by atoms with E-state index in [1.54, 1.807) is 29.8 Å². The monoisotopic (exact) mass is 501 g/mol. The number of hydrogen-bond donors (Lipinski definition) is 3. The predicted octanol–water partition coefficient (Wildman–Crippen LogP) is 4.43. The zero-order valence-corrected chi connectivity index (χ0v) is 21.5. The molecule has 0 atom stereocenters. The Bertz CT molecular complexity index is 1200. The molecule has 1 aromatic carbocycles. The molecule has 0 unspecified atom stereocenters. The SMILES string of the molecule is CCc1nc2ccc(Cl)cn2c1C(=O)NCc1ccc(NCCNC(=O)OC(C)(C)C)c(OC)c1. The summed E-state index contributed by atoms with van der Waals surface area (Å²) in [5.41, 5.74) is 2.97. The molecule has 0 bridgehead atoms. The highest BCUT2D eigenvalue weighted by atomic mass is 35.5. The zero-order chi connectivity index (χ0) is 25.6. The van der Waals surface area contributed by atoms with Crippen LogP contribution >= 0.6 is 11.6 Å². The second-order valence-electron chi connectivity index (χ2n) is 8.91. The Hall–Kier alpha value is -3.46. The highest BCUT2D eigenvalue weighted by Gasteiger charge is 2.19. The Morgan fingerprint density at radius 2 is 1.89 bits per heavy atom. The van der Waals surface area contributed by atoms with Gasteiger partial charge in [-0.1, -0.05) is 24.6 Å². The summed E-state index contributed by atoms with van der Waals surface area (Å²) < 4.78 is 12.4. The van der Waals surface area contributed by atoms with E-state index in [4.69, 9.17) is 21.1 Å². The number of nitrogens with zero attached hydrogens (tertiary/aromatic N) is 2. The number of alkyl carbamates (subject to hydrolysis) is 1. The lowest BCUT2D eigenvalue weighted by molar-refractivity contribution is 0.0530. The van der Waals surface area contributed by atoms with Gasteiger partial charge < -0.3 is 25.4 Å². The van der Waals surface area contributed by atoms with E-state index in [0.29, 0.717) is 53.9 Å². The topological polar surface area (TPSA) is 106 Å². The maximum absolute atomic E-state index is 13.0. The van der Waals surface area contributed by atoms with E-state index < -0.39 is 11.7 Å². The number of carbonyl (C=O) groups excluding carboxylic acids is 2. The first-order valence-corrected chi connectivity index (χ1v) is 11.8. The molecule has 0 aliphatic carbocycles. The van der Waals surface area contributed by atoms with Crippen LogP contribution in [0, 0.1) is 0 Å². The molecule has 0 fully saturated rings. The molecule has 9 nitrogen and oxygen atoms in total. The largest absolute Gasteiger partial charge is 0.495 e. The van der Waals surface area contributed by atoms with Gasteiger partial charge in [-0.3, -0.25) is 9.20 Å². The van der Waals surface area contributed by atoms with Crippen molar-refractivity contribution in [2.24, 2.45) is 0 Å². The van der Waals surface area contributed by atoms with Crippen molar-refractivity contribution < 1.29 is 19.1 Å². The number of aryl methyl sites for hydroxylation is 1. The number of halogens is 1. The van der Waals surface area contributed by atoms with Gasteiger partial charge in [0.15, 0.2) is 0 Å². The van der Waals surface area contributed by atoms with Crippen LogP contribution in [0.5, 0.6) is 5.75 Å². The van der Waals surface area contributed by atoms with Crippen LogP contribution in [-0.2, 0) is 17.7 Å². The van der Waals surface area contributed by atoms with Crippen LogP contribution < -0.4 is 20.7 Å². The van der Waals surface area contributed by atoms with Crippen LogP contribution in [0.25, 0.3) is 5.65 Å². The van der Waals surface area contributed by atoms with E-state index in [1.165, 1.54) is 0 Å². The van der Waals surface area contributed by atoms with Crippen molar-refractivity contribution >= 4 is 34.9 Å². The first kappa shape index (κ1) is 26.2. The summed E-state index contributed by atoms with van der Waals surface area (Å²) in [7, 11) is 1.58. The predicted molar refractivity (Wildman–Crippen MR) is 136 cm³/mol. The van der Waals surface area contributed by atoms with Crippen LogP contribution in [0.4, 0.5) is 10.5 Å². The minimum atomic E-state index is -0.539. The van der Waals surface area contributed by atoms with Crippen LogP contribution in [0.3, 0.4) is 0 Å². The van der Waals surface area contributed by atoms with Crippen molar-refractivity contribution in [2.75, 3.05) is 25.5 Å². The standard InChI is InChI=1S/C25H32ClN5O4/c1-6-18-22(31-15-17(26)8-10-21(31)30-18)23(32)29-14-16-7-9-19(20(13-16)34-5)27-11-12-28-24(33)35-25(2,3)4/h7-10,13,15,27H,6,11-12,14H2,1-5H3,(H,28,33)(H,29,32). The fourth-order valence-corrected chi connectivity index (χ4v) is 3.65. The molecular formula is C25H32ClN5O4. The number of ether oxygens (including phenoxy) is 2. The summed E-state index contributed by atoms with van der Waals surface area (Å²) in [6.45, 7) is 8.59. The van der Waals surface area contributed by atoms with Gasteiger partial charge >= 0.3 is 6.09 Å². The third-order valence-corrected chi connectivity index (χ3v) is 5.26. The van der Waals surface area contributed by atoms with Crippen molar-refractivity contribution in [1.82, 2.24) is 20.0 Å². The van der Waals surface area contributed by atoms with E-state index in [9.17, 15) is 9.59 Å². The molecule has 35 heavy (non-hydrogen) atoms. The molecule has 0 spiro atoms. The first-order valence-electron chi connectivity index (χ1n) is 11.4. The minimum Gasteiger partial charge on any atom is -0.495 e. The van der Waals surface area contributed by atoms with E-state index in [-0.39, 0.29) is 5.91 Å². The van der Waals surface area contributed by atoms with Crippen LogP contribution in [0.2, 0.25) is 5.02 Å². The maximum atomic E-state index is 13.0. The molecular weight excluding hydrogens is 470 g/mol. The average Bonchev–Trinajstić information content (AvgIpc) is 3.17. The third kappa shape index (κ3) is 7.02. The second kappa shape index (κ2) is 11.3. The number of rotatable bonds is 9. The van der Waals surface area contributed by atoms with Crippen molar-refractivity contribution in [3.63, 3.8) is 0 Å². The third-order valence-electron chi connectivity index (χ3n) is 5.03. The second-order valence-corrected chi connectivity index (χ2v) is 9.35. The Labute approximate surface area is 210 Å². The molecule has 0 saturated heterocycles. The lowest BCUT2D eigenvalue weighted by atomic mass is 10.1. The average molecular weight is 502 g/mol. The molecule has 0 aliphatic rings. The van der Waals surface area contributed by atoms with Gasteiger partial charge in [-0.2, -0.15) is 0 Å². The number of aromatic nitrogens is 2. The van der Waals surface area contributed by atoms with E-state index >= 15 is 0 Å². The number of nitrogens with one attached hydrogen (secondary N) is 3. The molecule has 3 rings (SSSR count). The molecule has 0 saturated carbocycles. The maximum Gasteiger partial charge on any atom is 0.407 e. The number of hydrogen-bond acceptors (Lipinski definition) is 6. The number of carbonyl (C=O) groups is 2. The van der Waals surface area contributed by atoms with Gasteiger partial charge in [-0.25, -0.2) is 9.78 Å². The molecule has 0 radical (unpaired) electrons.